The van der Waals surface area contributed by atoms with E-state index in [1.165, 1.54) is 25.0 Å². The largest absolute Gasteiger partial charge is 0.460 e. The van der Waals surface area contributed by atoms with Crippen LogP contribution in [0.1, 0.15) is 88.2 Å². The molecule has 2 fully saturated rings. The molecular formula is C24H32F2O4. The summed E-state index contributed by atoms with van der Waals surface area (Å²) in [6, 6.07) is 8.75. The minimum Gasteiger partial charge on any atom is -0.460 e. The maximum Gasteiger partial charge on any atom is 0.340 e. The zero-order valence-corrected chi connectivity index (χ0v) is 17.8. The van der Waals surface area contributed by atoms with E-state index in [1.54, 1.807) is 0 Å². The minimum absolute atomic E-state index is 0.170. The van der Waals surface area contributed by atoms with Crippen molar-refractivity contribution < 1.29 is 27.8 Å². The van der Waals surface area contributed by atoms with E-state index in [1.807, 2.05) is 0 Å². The third-order valence-electron chi connectivity index (χ3n) is 6.44. The number of esters is 2. The van der Waals surface area contributed by atoms with Crippen molar-refractivity contribution in [2.24, 2.45) is 0 Å². The lowest BCUT2D eigenvalue weighted by Crippen LogP contribution is -2.27. The molecule has 0 spiro atoms. The second-order valence-electron chi connectivity index (χ2n) is 8.72. The van der Waals surface area contributed by atoms with Crippen LogP contribution in [-0.2, 0) is 19.1 Å². The van der Waals surface area contributed by atoms with Gasteiger partial charge in [0.15, 0.2) is 12.3 Å². The van der Waals surface area contributed by atoms with Gasteiger partial charge in [0.2, 0.25) is 0 Å². The summed E-state index contributed by atoms with van der Waals surface area (Å²) in [5.41, 5.74) is 2.59. The number of carbonyl (C=O) groups excluding carboxylic acids is 2. The first-order valence-corrected chi connectivity index (χ1v) is 11.1. The van der Waals surface area contributed by atoms with Gasteiger partial charge in [0.25, 0.3) is 0 Å². The highest BCUT2D eigenvalue weighted by Gasteiger charge is 2.28. The molecule has 0 amide bonds. The SMILES string of the molecule is C[C@@H](F)C(=O)O[C@H]1CC[C@H](c2ccc([C@H]3CC[C@H](OC(=O)[C@@H](C)F)CC3)cc2)CC1. The Morgan fingerprint density at radius 1 is 0.700 bits per heavy atom. The number of alkyl halides is 2. The van der Waals surface area contributed by atoms with Gasteiger partial charge in [-0.05, 0) is 88.2 Å². The van der Waals surface area contributed by atoms with Gasteiger partial charge in [0.1, 0.15) is 12.2 Å². The summed E-state index contributed by atoms with van der Waals surface area (Å²) >= 11 is 0. The molecule has 30 heavy (non-hydrogen) atoms. The molecule has 2 saturated carbocycles. The van der Waals surface area contributed by atoms with Gasteiger partial charge in [-0.2, -0.15) is 0 Å². The molecule has 0 aromatic heterocycles. The van der Waals surface area contributed by atoms with E-state index in [9.17, 15) is 18.4 Å². The second-order valence-corrected chi connectivity index (χ2v) is 8.72. The number of hydrogen-bond acceptors (Lipinski definition) is 4. The monoisotopic (exact) mass is 422 g/mol. The van der Waals surface area contributed by atoms with E-state index in [0.29, 0.717) is 11.8 Å². The first-order valence-electron chi connectivity index (χ1n) is 11.1. The molecule has 0 unspecified atom stereocenters. The van der Waals surface area contributed by atoms with Gasteiger partial charge in [-0.3, -0.25) is 0 Å². The van der Waals surface area contributed by atoms with Crippen molar-refractivity contribution in [2.45, 2.75) is 102 Å². The van der Waals surface area contributed by atoms with Gasteiger partial charge in [-0.25, -0.2) is 18.4 Å². The minimum atomic E-state index is -1.57. The third-order valence-corrected chi connectivity index (χ3v) is 6.44. The molecule has 0 saturated heterocycles. The van der Waals surface area contributed by atoms with Crippen LogP contribution < -0.4 is 0 Å². The Labute approximate surface area is 177 Å². The average Bonchev–Trinajstić information content (AvgIpc) is 2.75. The molecule has 0 N–H and O–H groups in total. The predicted molar refractivity (Wildman–Crippen MR) is 110 cm³/mol. The van der Waals surface area contributed by atoms with Crippen LogP contribution in [0.25, 0.3) is 0 Å². The van der Waals surface area contributed by atoms with E-state index >= 15 is 0 Å². The molecule has 0 radical (unpaired) electrons. The van der Waals surface area contributed by atoms with Crippen LogP contribution in [0.2, 0.25) is 0 Å². The Morgan fingerprint density at radius 3 is 1.27 bits per heavy atom. The molecule has 0 aliphatic heterocycles. The van der Waals surface area contributed by atoms with Crippen molar-refractivity contribution in [2.75, 3.05) is 0 Å². The maximum atomic E-state index is 13.0. The normalized spacial score (nSPS) is 28.9. The molecule has 1 aromatic rings. The first-order chi connectivity index (χ1) is 14.3. The molecule has 6 heteroatoms. The quantitative estimate of drug-likeness (QED) is 0.565. The van der Waals surface area contributed by atoms with Crippen molar-refractivity contribution >= 4 is 11.9 Å². The van der Waals surface area contributed by atoms with Crippen molar-refractivity contribution in [3.63, 3.8) is 0 Å². The summed E-state index contributed by atoms with van der Waals surface area (Å²) in [7, 11) is 0. The Kier molecular flexibility index (Phi) is 7.84. The Bertz CT molecular complexity index is 639. The summed E-state index contributed by atoms with van der Waals surface area (Å²) in [6.07, 6.45) is 3.33. The Morgan fingerprint density at radius 2 is 1.00 bits per heavy atom. The zero-order valence-electron chi connectivity index (χ0n) is 17.8. The lowest BCUT2D eigenvalue weighted by molar-refractivity contribution is -0.156. The van der Waals surface area contributed by atoms with Crippen molar-refractivity contribution in [1.29, 1.82) is 0 Å². The first kappa shape index (κ1) is 22.7. The number of rotatable bonds is 6. The zero-order chi connectivity index (χ0) is 21.7. The molecule has 0 bridgehead atoms. The molecule has 4 nitrogen and oxygen atoms in total. The fraction of sp³-hybridized carbons (Fsp3) is 0.667. The standard InChI is InChI=1S/C24H32F2O4/c1-15(25)23(27)29-21-11-7-19(8-12-21)17-3-5-18(6-4-17)20-9-13-22(14-10-20)30-24(28)16(2)26/h3-6,15-16,19-22H,7-14H2,1-2H3/t15-,16-,19-,20-,21-,22-/m1/s1. The fourth-order valence-corrected chi connectivity index (χ4v) is 4.58. The summed E-state index contributed by atoms with van der Waals surface area (Å²) in [5, 5.41) is 0. The van der Waals surface area contributed by atoms with Crippen LogP contribution in [0.3, 0.4) is 0 Å². The molecule has 2 aliphatic carbocycles. The second kappa shape index (κ2) is 10.4. The number of carbonyl (C=O) groups is 2. The van der Waals surface area contributed by atoms with Gasteiger partial charge in [0, 0.05) is 0 Å². The highest BCUT2D eigenvalue weighted by molar-refractivity contribution is 5.74. The summed E-state index contributed by atoms with van der Waals surface area (Å²) in [4.78, 5) is 22.8. The molecule has 1 aromatic carbocycles. The molecule has 2 atom stereocenters. The Hall–Kier alpha value is -1.98. The van der Waals surface area contributed by atoms with E-state index < -0.39 is 24.3 Å². The molecule has 3 rings (SSSR count). The highest BCUT2D eigenvalue weighted by Crippen LogP contribution is 2.37. The van der Waals surface area contributed by atoms with E-state index in [2.05, 4.69) is 24.3 Å². The van der Waals surface area contributed by atoms with Crippen LogP contribution in [0.5, 0.6) is 0 Å². The Balaban J connectivity index is 1.46. The number of hydrogen-bond donors (Lipinski definition) is 0. The van der Waals surface area contributed by atoms with E-state index in [0.717, 1.165) is 51.4 Å². The van der Waals surface area contributed by atoms with Crippen LogP contribution in [0.4, 0.5) is 8.78 Å². The third kappa shape index (κ3) is 6.02. The topological polar surface area (TPSA) is 52.6 Å². The average molecular weight is 423 g/mol. The van der Waals surface area contributed by atoms with Crippen molar-refractivity contribution in [3.05, 3.63) is 35.4 Å². The molecule has 166 valence electrons. The lowest BCUT2D eigenvalue weighted by atomic mass is 9.80. The summed E-state index contributed by atoms with van der Waals surface area (Å²) in [6.45, 7) is 2.41. The fourth-order valence-electron chi connectivity index (χ4n) is 4.58. The van der Waals surface area contributed by atoms with Crippen LogP contribution >= 0.6 is 0 Å². The number of benzene rings is 1. The van der Waals surface area contributed by atoms with Crippen molar-refractivity contribution in [1.82, 2.24) is 0 Å². The molecular weight excluding hydrogens is 390 g/mol. The summed E-state index contributed by atoms with van der Waals surface area (Å²) < 4.78 is 36.4. The highest BCUT2D eigenvalue weighted by atomic mass is 19.1. The number of ether oxygens (including phenoxy) is 2. The van der Waals surface area contributed by atoms with Gasteiger partial charge in [-0.1, -0.05) is 24.3 Å². The van der Waals surface area contributed by atoms with E-state index in [-0.39, 0.29) is 12.2 Å². The molecule has 0 heterocycles. The van der Waals surface area contributed by atoms with Gasteiger partial charge < -0.3 is 9.47 Å². The van der Waals surface area contributed by atoms with Gasteiger partial charge in [-0.15, -0.1) is 0 Å². The van der Waals surface area contributed by atoms with Gasteiger partial charge >= 0.3 is 11.9 Å². The van der Waals surface area contributed by atoms with Crippen molar-refractivity contribution in [3.8, 4) is 0 Å². The molecule has 2 aliphatic rings. The van der Waals surface area contributed by atoms with Crippen LogP contribution in [0, 0.1) is 0 Å². The number of halogens is 2. The smallest absolute Gasteiger partial charge is 0.340 e. The van der Waals surface area contributed by atoms with E-state index in [4.69, 9.17) is 9.47 Å². The lowest BCUT2D eigenvalue weighted by Gasteiger charge is -2.30. The predicted octanol–water partition coefficient (Wildman–Crippen LogP) is 5.54. The van der Waals surface area contributed by atoms with Crippen LogP contribution in [-0.4, -0.2) is 36.5 Å². The van der Waals surface area contributed by atoms with Gasteiger partial charge in [0.05, 0.1) is 0 Å². The summed E-state index contributed by atoms with van der Waals surface area (Å²) in [5.74, 6) is -0.637. The van der Waals surface area contributed by atoms with Crippen LogP contribution in [0.15, 0.2) is 24.3 Å². The maximum absolute atomic E-state index is 13.0.